The Kier molecular flexibility index (Phi) is 4.22. The maximum atomic E-state index is 10.6. The van der Waals surface area contributed by atoms with Crippen molar-refractivity contribution in [2.45, 2.75) is 18.2 Å². The van der Waals surface area contributed by atoms with Gasteiger partial charge in [-0.15, -0.1) is 11.8 Å². The van der Waals surface area contributed by atoms with E-state index in [4.69, 9.17) is 11.6 Å². The molecule has 0 unspecified atom stereocenters. The molecule has 1 aromatic carbocycles. The van der Waals surface area contributed by atoms with Crippen molar-refractivity contribution < 1.29 is 4.92 Å². The first kappa shape index (κ1) is 11.3. The molecule has 0 aliphatic carbocycles. The molecule has 0 radical (unpaired) electrons. The molecule has 76 valence electrons. The van der Waals surface area contributed by atoms with E-state index in [1.54, 1.807) is 23.9 Å². The first-order chi connectivity index (χ1) is 6.66. The van der Waals surface area contributed by atoms with Gasteiger partial charge in [-0.1, -0.05) is 24.6 Å². The van der Waals surface area contributed by atoms with Gasteiger partial charge in [-0.25, -0.2) is 0 Å². The van der Waals surface area contributed by atoms with Crippen molar-refractivity contribution in [2.24, 2.45) is 0 Å². The van der Waals surface area contributed by atoms with Gasteiger partial charge in [0.2, 0.25) is 0 Å². The van der Waals surface area contributed by atoms with Crippen LogP contribution in [-0.2, 0) is 0 Å². The van der Waals surface area contributed by atoms with Gasteiger partial charge in [0, 0.05) is 11.0 Å². The number of nitrogens with zero attached hydrogens (tertiary/aromatic N) is 1. The van der Waals surface area contributed by atoms with Crippen molar-refractivity contribution in [1.82, 2.24) is 0 Å². The van der Waals surface area contributed by atoms with Gasteiger partial charge in [0.15, 0.2) is 0 Å². The zero-order chi connectivity index (χ0) is 10.6. The summed E-state index contributed by atoms with van der Waals surface area (Å²) in [6, 6.07) is 4.87. The Morgan fingerprint density at radius 3 is 2.86 bits per heavy atom. The fourth-order valence-corrected chi connectivity index (χ4v) is 2.15. The highest BCUT2D eigenvalue weighted by molar-refractivity contribution is 7.99. The van der Waals surface area contributed by atoms with Crippen molar-refractivity contribution in [3.05, 3.63) is 33.3 Å². The van der Waals surface area contributed by atoms with Crippen LogP contribution in [0.2, 0.25) is 5.02 Å². The van der Waals surface area contributed by atoms with E-state index in [2.05, 4.69) is 6.92 Å². The molecule has 0 heterocycles. The standard InChI is InChI=1S/C9H10ClNO2S/c1-2-6-14-8-5-3-4-7(9(8)10)11(12)13/h3-5H,2,6H2,1H3. The molecule has 0 amide bonds. The second kappa shape index (κ2) is 5.22. The number of nitro benzene ring substituents is 1. The molecule has 1 aromatic rings. The fraction of sp³-hybridized carbons (Fsp3) is 0.333. The van der Waals surface area contributed by atoms with E-state index in [0.717, 1.165) is 17.1 Å². The molecule has 14 heavy (non-hydrogen) atoms. The zero-order valence-corrected chi connectivity index (χ0v) is 9.27. The molecule has 0 N–H and O–H groups in total. The Balaban J connectivity index is 2.95. The van der Waals surface area contributed by atoms with E-state index < -0.39 is 4.92 Å². The van der Waals surface area contributed by atoms with Crippen LogP contribution in [0.15, 0.2) is 23.1 Å². The average molecular weight is 232 g/mol. The molecule has 0 saturated heterocycles. The SMILES string of the molecule is CCCSc1cccc([N+](=O)[O-])c1Cl. The fourth-order valence-electron chi connectivity index (χ4n) is 0.964. The number of rotatable bonds is 4. The third kappa shape index (κ3) is 2.62. The lowest BCUT2D eigenvalue weighted by molar-refractivity contribution is -0.384. The summed E-state index contributed by atoms with van der Waals surface area (Å²) in [5, 5.41) is 10.8. The molecule has 5 heteroatoms. The lowest BCUT2D eigenvalue weighted by Crippen LogP contribution is -1.90. The Bertz CT molecular complexity index is 344. The largest absolute Gasteiger partial charge is 0.289 e. The highest BCUT2D eigenvalue weighted by atomic mass is 35.5. The van der Waals surface area contributed by atoms with Crippen LogP contribution in [-0.4, -0.2) is 10.7 Å². The van der Waals surface area contributed by atoms with Crippen LogP contribution < -0.4 is 0 Å². The van der Waals surface area contributed by atoms with Gasteiger partial charge >= 0.3 is 0 Å². The van der Waals surface area contributed by atoms with Crippen LogP contribution in [0, 0.1) is 10.1 Å². The molecule has 0 atom stereocenters. The molecule has 0 fully saturated rings. The molecular formula is C9H10ClNO2S. The lowest BCUT2D eigenvalue weighted by Gasteiger charge is -2.02. The molecule has 0 spiro atoms. The van der Waals surface area contributed by atoms with Gasteiger partial charge in [0.05, 0.1) is 4.92 Å². The summed E-state index contributed by atoms with van der Waals surface area (Å²) in [7, 11) is 0. The second-order valence-corrected chi connectivity index (χ2v) is 4.21. The van der Waals surface area contributed by atoms with E-state index in [-0.39, 0.29) is 10.7 Å². The second-order valence-electron chi connectivity index (χ2n) is 2.69. The third-order valence-electron chi connectivity index (χ3n) is 1.60. The van der Waals surface area contributed by atoms with Gasteiger partial charge in [-0.2, -0.15) is 0 Å². The third-order valence-corrected chi connectivity index (χ3v) is 3.37. The molecule has 0 aliphatic heterocycles. The van der Waals surface area contributed by atoms with Gasteiger partial charge in [-0.3, -0.25) is 10.1 Å². The summed E-state index contributed by atoms with van der Waals surface area (Å²) in [6.07, 6.45) is 1.02. The topological polar surface area (TPSA) is 43.1 Å². The highest BCUT2D eigenvalue weighted by Gasteiger charge is 2.14. The van der Waals surface area contributed by atoms with Crippen LogP contribution >= 0.6 is 23.4 Å². The minimum absolute atomic E-state index is 0.0206. The Labute approximate surface area is 91.6 Å². The van der Waals surface area contributed by atoms with Crippen LogP contribution in [0.1, 0.15) is 13.3 Å². The van der Waals surface area contributed by atoms with Crippen molar-refractivity contribution in [3.63, 3.8) is 0 Å². The summed E-state index contributed by atoms with van der Waals surface area (Å²) < 4.78 is 0. The summed E-state index contributed by atoms with van der Waals surface area (Å²) >= 11 is 7.42. The summed E-state index contributed by atoms with van der Waals surface area (Å²) in [5.41, 5.74) is -0.0206. The predicted molar refractivity (Wildman–Crippen MR) is 59.1 cm³/mol. The molecule has 3 nitrogen and oxygen atoms in total. The van der Waals surface area contributed by atoms with E-state index in [9.17, 15) is 10.1 Å². The van der Waals surface area contributed by atoms with Gasteiger partial charge in [-0.05, 0) is 18.2 Å². The van der Waals surface area contributed by atoms with Gasteiger partial charge < -0.3 is 0 Å². The molecular weight excluding hydrogens is 222 g/mol. The van der Waals surface area contributed by atoms with Crippen LogP contribution in [0.25, 0.3) is 0 Å². The van der Waals surface area contributed by atoms with Crippen molar-refractivity contribution in [2.75, 3.05) is 5.75 Å². The van der Waals surface area contributed by atoms with Gasteiger partial charge in [0.25, 0.3) is 5.69 Å². The minimum Gasteiger partial charge on any atom is -0.258 e. The molecule has 0 aromatic heterocycles. The highest BCUT2D eigenvalue weighted by Crippen LogP contribution is 2.34. The number of benzene rings is 1. The smallest absolute Gasteiger partial charge is 0.258 e. The van der Waals surface area contributed by atoms with Crippen molar-refractivity contribution in [1.29, 1.82) is 0 Å². The molecule has 1 rings (SSSR count). The first-order valence-electron chi connectivity index (χ1n) is 4.22. The van der Waals surface area contributed by atoms with E-state index >= 15 is 0 Å². The number of thioether (sulfide) groups is 1. The molecule has 0 saturated carbocycles. The van der Waals surface area contributed by atoms with Crippen LogP contribution in [0.5, 0.6) is 0 Å². The molecule has 0 bridgehead atoms. The maximum absolute atomic E-state index is 10.6. The number of hydrogen-bond donors (Lipinski definition) is 0. The quantitative estimate of drug-likeness (QED) is 0.450. The summed E-state index contributed by atoms with van der Waals surface area (Å²) in [4.78, 5) is 10.9. The normalized spacial score (nSPS) is 10.1. The van der Waals surface area contributed by atoms with Gasteiger partial charge in [0.1, 0.15) is 5.02 Å². The van der Waals surface area contributed by atoms with Crippen molar-refractivity contribution >= 4 is 29.1 Å². The average Bonchev–Trinajstić information content (AvgIpc) is 2.16. The Morgan fingerprint density at radius 1 is 1.57 bits per heavy atom. The molecule has 0 aliphatic rings. The predicted octanol–water partition coefficient (Wildman–Crippen LogP) is 3.75. The van der Waals surface area contributed by atoms with Crippen LogP contribution in [0.4, 0.5) is 5.69 Å². The monoisotopic (exact) mass is 231 g/mol. The minimum atomic E-state index is -0.460. The van der Waals surface area contributed by atoms with E-state index in [1.165, 1.54) is 6.07 Å². The summed E-state index contributed by atoms with van der Waals surface area (Å²) in [6.45, 7) is 2.05. The Hall–Kier alpha value is -0.740. The van der Waals surface area contributed by atoms with Crippen molar-refractivity contribution in [3.8, 4) is 0 Å². The van der Waals surface area contributed by atoms with E-state index in [0.29, 0.717) is 0 Å². The number of hydrogen-bond acceptors (Lipinski definition) is 3. The first-order valence-corrected chi connectivity index (χ1v) is 5.59. The Morgan fingerprint density at radius 2 is 2.29 bits per heavy atom. The summed E-state index contributed by atoms with van der Waals surface area (Å²) in [5.74, 6) is 0.918. The lowest BCUT2D eigenvalue weighted by atomic mass is 10.3. The van der Waals surface area contributed by atoms with Crippen LogP contribution in [0.3, 0.4) is 0 Å². The number of nitro groups is 1. The zero-order valence-electron chi connectivity index (χ0n) is 7.70. The maximum Gasteiger partial charge on any atom is 0.289 e. The van der Waals surface area contributed by atoms with E-state index in [1.807, 2.05) is 0 Å². The number of halogens is 1.